The second-order valence-corrected chi connectivity index (χ2v) is 5.25. The van der Waals surface area contributed by atoms with E-state index >= 15 is 0 Å². The van der Waals surface area contributed by atoms with Crippen LogP contribution in [-0.4, -0.2) is 5.71 Å². The Hall–Kier alpha value is -1.61. The second kappa shape index (κ2) is 4.94. The zero-order valence-electron chi connectivity index (χ0n) is 9.86. The van der Waals surface area contributed by atoms with Gasteiger partial charge in [-0.05, 0) is 42.7 Å². The number of fused-ring (bicyclic) bond motifs is 1. The van der Waals surface area contributed by atoms with Gasteiger partial charge < -0.3 is 0 Å². The maximum absolute atomic E-state index is 4.52. The Morgan fingerprint density at radius 2 is 1.83 bits per heavy atom. The van der Waals surface area contributed by atoms with E-state index in [0.29, 0.717) is 0 Å². The average molecular weight is 301 g/mol. The van der Waals surface area contributed by atoms with Gasteiger partial charge in [0.25, 0.3) is 0 Å². The van der Waals surface area contributed by atoms with Gasteiger partial charge in [0, 0.05) is 10.0 Å². The highest BCUT2D eigenvalue weighted by Gasteiger charge is 2.17. The van der Waals surface area contributed by atoms with Gasteiger partial charge in [-0.25, -0.2) is 0 Å². The van der Waals surface area contributed by atoms with Crippen molar-refractivity contribution in [1.29, 1.82) is 0 Å². The molecular weight excluding hydrogens is 288 g/mol. The first-order valence-corrected chi connectivity index (χ1v) is 6.79. The molecule has 0 saturated carbocycles. The molecule has 2 aromatic rings. The molecule has 0 atom stereocenters. The summed E-state index contributed by atoms with van der Waals surface area (Å²) in [4.78, 5) is 0. The quantitative estimate of drug-likeness (QED) is 0.826. The van der Waals surface area contributed by atoms with Gasteiger partial charge in [-0.15, -0.1) is 0 Å². The molecule has 1 aliphatic carbocycles. The average Bonchev–Trinajstić information content (AvgIpc) is 2.80. The summed E-state index contributed by atoms with van der Waals surface area (Å²) >= 11 is 3.51. The van der Waals surface area contributed by atoms with Crippen LogP contribution in [0.5, 0.6) is 0 Å². The fourth-order valence-corrected chi connectivity index (χ4v) is 2.61. The molecule has 2 nitrogen and oxygen atoms in total. The number of para-hydroxylation sites is 1. The fourth-order valence-electron chi connectivity index (χ4n) is 2.20. The van der Waals surface area contributed by atoms with Crippen molar-refractivity contribution in [2.45, 2.75) is 12.8 Å². The van der Waals surface area contributed by atoms with E-state index in [4.69, 9.17) is 0 Å². The number of anilines is 1. The third-order valence-corrected chi connectivity index (χ3v) is 3.60. The SMILES string of the molecule is Brc1ccc2c(c1)CC/C2=N/Nc1ccccc1. The molecule has 90 valence electrons. The molecule has 3 rings (SSSR count). The molecule has 0 unspecified atom stereocenters. The normalized spacial score (nSPS) is 15.7. The van der Waals surface area contributed by atoms with E-state index in [1.807, 2.05) is 30.3 Å². The number of benzene rings is 2. The third-order valence-electron chi connectivity index (χ3n) is 3.10. The minimum absolute atomic E-state index is 1.01. The molecule has 0 aromatic heterocycles. The van der Waals surface area contributed by atoms with Crippen molar-refractivity contribution in [2.24, 2.45) is 5.10 Å². The summed E-state index contributed by atoms with van der Waals surface area (Å²) in [7, 11) is 0. The molecule has 0 radical (unpaired) electrons. The molecule has 0 heterocycles. The van der Waals surface area contributed by atoms with Gasteiger partial charge in [-0.2, -0.15) is 5.10 Å². The van der Waals surface area contributed by atoms with E-state index < -0.39 is 0 Å². The number of nitrogens with zero attached hydrogens (tertiary/aromatic N) is 1. The highest BCUT2D eigenvalue weighted by Crippen LogP contribution is 2.26. The second-order valence-electron chi connectivity index (χ2n) is 4.34. The first kappa shape index (κ1) is 11.5. The van der Waals surface area contributed by atoms with Crippen molar-refractivity contribution in [2.75, 3.05) is 5.43 Å². The van der Waals surface area contributed by atoms with Crippen LogP contribution < -0.4 is 5.43 Å². The van der Waals surface area contributed by atoms with Crippen molar-refractivity contribution in [1.82, 2.24) is 0 Å². The number of halogens is 1. The van der Waals surface area contributed by atoms with Crippen LogP contribution in [0.15, 0.2) is 58.1 Å². The minimum atomic E-state index is 1.01. The third kappa shape index (κ3) is 2.31. The first-order chi connectivity index (χ1) is 8.83. The van der Waals surface area contributed by atoms with E-state index in [1.54, 1.807) is 0 Å². The molecule has 1 aliphatic rings. The van der Waals surface area contributed by atoms with Gasteiger partial charge in [0.15, 0.2) is 0 Å². The molecule has 0 aliphatic heterocycles. The Morgan fingerprint density at radius 3 is 2.67 bits per heavy atom. The Balaban J connectivity index is 1.84. The zero-order valence-corrected chi connectivity index (χ0v) is 11.4. The lowest BCUT2D eigenvalue weighted by Crippen LogP contribution is -1.99. The van der Waals surface area contributed by atoms with Crippen LogP contribution in [0.4, 0.5) is 5.69 Å². The van der Waals surface area contributed by atoms with Crippen LogP contribution >= 0.6 is 15.9 Å². The van der Waals surface area contributed by atoms with Crippen molar-refractivity contribution in [3.05, 3.63) is 64.1 Å². The molecule has 0 bridgehead atoms. The monoisotopic (exact) mass is 300 g/mol. The van der Waals surface area contributed by atoms with Crippen molar-refractivity contribution in [3.63, 3.8) is 0 Å². The smallest absolute Gasteiger partial charge is 0.0685 e. The highest BCUT2D eigenvalue weighted by atomic mass is 79.9. The Kier molecular flexibility index (Phi) is 3.15. The topological polar surface area (TPSA) is 24.4 Å². The molecule has 3 heteroatoms. The van der Waals surface area contributed by atoms with Gasteiger partial charge in [-0.1, -0.05) is 40.2 Å². The molecule has 0 saturated heterocycles. The molecule has 1 N–H and O–H groups in total. The lowest BCUT2D eigenvalue weighted by atomic mass is 10.1. The van der Waals surface area contributed by atoms with Gasteiger partial charge in [0.1, 0.15) is 0 Å². The van der Waals surface area contributed by atoms with E-state index in [9.17, 15) is 0 Å². The van der Waals surface area contributed by atoms with Gasteiger partial charge in [0.2, 0.25) is 0 Å². The van der Waals surface area contributed by atoms with E-state index in [1.165, 1.54) is 11.1 Å². The summed E-state index contributed by atoms with van der Waals surface area (Å²) in [6.45, 7) is 0. The predicted molar refractivity (Wildman–Crippen MR) is 79.1 cm³/mol. The minimum Gasteiger partial charge on any atom is -0.278 e. The molecule has 0 spiro atoms. The summed E-state index contributed by atoms with van der Waals surface area (Å²) < 4.78 is 1.14. The summed E-state index contributed by atoms with van der Waals surface area (Å²) in [5.41, 5.74) is 7.92. The van der Waals surface area contributed by atoms with E-state index in [-0.39, 0.29) is 0 Å². The number of nitrogens with one attached hydrogen (secondary N) is 1. The molecule has 0 amide bonds. The van der Waals surface area contributed by atoms with Crippen LogP contribution in [-0.2, 0) is 6.42 Å². The summed E-state index contributed by atoms with van der Waals surface area (Å²) in [6.07, 6.45) is 2.08. The van der Waals surface area contributed by atoms with Crippen molar-refractivity contribution >= 4 is 27.3 Å². The molecule has 0 fully saturated rings. The largest absolute Gasteiger partial charge is 0.278 e. The number of hydrogen-bond acceptors (Lipinski definition) is 2. The first-order valence-electron chi connectivity index (χ1n) is 5.99. The van der Waals surface area contributed by atoms with Crippen molar-refractivity contribution < 1.29 is 0 Å². The fraction of sp³-hybridized carbons (Fsp3) is 0.133. The van der Waals surface area contributed by atoms with E-state index in [2.05, 4.69) is 44.7 Å². The van der Waals surface area contributed by atoms with Crippen LogP contribution in [0.3, 0.4) is 0 Å². The van der Waals surface area contributed by atoms with Crippen LogP contribution in [0.2, 0.25) is 0 Å². The van der Waals surface area contributed by atoms with E-state index in [0.717, 1.165) is 28.7 Å². The predicted octanol–water partition coefficient (Wildman–Crippen LogP) is 4.21. The number of aryl methyl sites for hydroxylation is 1. The summed E-state index contributed by atoms with van der Waals surface area (Å²) in [5, 5.41) is 4.52. The molecule has 18 heavy (non-hydrogen) atoms. The van der Waals surface area contributed by atoms with Crippen LogP contribution in [0.1, 0.15) is 17.5 Å². The number of hydrazone groups is 1. The highest BCUT2D eigenvalue weighted by molar-refractivity contribution is 9.10. The van der Waals surface area contributed by atoms with Crippen molar-refractivity contribution in [3.8, 4) is 0 Å². The lowest BCUT2D eigenvalue weighted by Gasteiger charge is -2.03. The number of rotatable bonds is 2. The Bertz CT molecular complexity index is 591. The lowest BCUT2D eigenvalue weighted by molar-refractivity contribution is 1.09. The zero-order chi connectivity index (χ0) is 12.4. The summed E-state index contributed by atoms with van der Waals surface area (Å²) in [6, 6.07) is 16.4. The standard InChI is InChI=1S/C15H13BrN2/c16-12-7-8-14-11(10-12)6-9-15(14)18-17-13-4-2-1-3-5-13/h1-5,7-8,10,17H,6,9H2/b18-15-. The van der Waals surface area contributed by atoms with Gasteiger partial charge >= 0.3 is 0 Å². The van der Waals surface area contributed by atoms with Crippen LogP contribution in [0, 0.1) is 0 Å². The maximum Gasteiger partial charge on any atom is 0.0685 e. The number of hydrogen-bond donors (Lipinski definition) is 1. The Morgan fingerprint density at radius 1 is 1.00 bits per heavy atom. The van der Waals surface area contributed by atoms with Gasteiger partial charge in [0.05, 0.1) is 11.4 Å². The van der Waals surface area contributed by atoms with Crippen LogP contribution in [0.25, 0.3) is 0 Å². The molecule has 2 aromatic carbocycles. The summed E-state index contributed by atoms with van der Waals surface area (Å²) in [5.74, 6) is 0. The Labute approximate surface area is 115 Å². The molecular formula is C15H13BrN2. The van der Waals surface area contributed by atoms with Gasteiger partial charge in [-0.3, -0.25) is 5.43 Å². The maximum atomic E-state index is 4.52.